The first-order valence-electron chi connectivity index (χ1n) is 5.34. The molecule has 0 aromatic carbocycles. The molecule has 94 valence electrons. The van der Waals surface area contributed by atoms with Crippen molar-refractivity contribution in [1.29, 1.82) is 0 Å². The summed E-state index contributed by atoms with van der Waals surface area (Å²) in [5.74, 6) is 1.08. The largest absolute Gasteiger partial charge is 0.369 e. The minimum absolute atomic E-state index is 0.202. The van der Waals surface area contributed by atoms with E-state index in [9.17, 15) is 4.79 Å². The number of aromatic nitrogens is 2. The molecule has 0 aliphatic carbocycles. The molecule has 0 saturated heterocycles. The average molecular weight is 274 g/mol. The molecule has 0 fully saturated rings. The van der Waals surface area contributed by atoms with Gasteiger partial charge in [-0.3, -0.25) is 4.79 Å². The van der Waals surface area contributed by atoms with Gasteiger partial charge in [0, 0.05) is 11.8 Å². The molecule has 17 heavy (non-hydrogen) atoms. The first-order valence-corrected chi connectivity index (χ1v) is 7.01. The number of halogens is 1. The Kier molecular flexibility index (Phi) is 5.71. The van der Waals surface area contributed by atoms with E-state index in [4.69, 9.17) is 11.6 Å². The van der Waals surface area contributed by atoms with E-state index in [2.05, 4.69) is 28.5 Å². The second-order valence-corrected chi connectivity index (χ2v) is 5.34. The number of anilines is 1. The van der Waals surface area contributed by atoms with Gasteiger partial charge in [0.15, 0.2) is 6.29 Å². The maximum Gasteiger partial charge on any atom is 0.156 e. The first kappa shape index (κ1) is 14.3. The number of nitrogens with one attached hydrogen (secondary N) is 1. The van der Waals surface area contributed by atoms with Crippen molar-refractivity contribution in [2.24, 2.45) is 0 Å². The Morgan fingerprint density at radius 3 is 2.82 bits per heavy atom. The van der Waals surface area contributed by atoms with Crippen molar-refractivity contribution in [3.05, 3.63) is 16.5 Å². The van der Waals surface area contributed by atoms with E-state index < -0.39 is 0 Å². The SMILES string of the molecule is CSC(C)CCNc1nc(C)nc(Cl)c1C=O. The smallest absolute Gasteiger partial charge is 0.156 e. The molecule has 1 atom stereocenters. The summed E-state index contributed by atoms with van der Waals surface area (Å²) in [6, 6.07) is 0. The molecular formula is C11H16ClN3OS. The molecule has 0 spiro atoms. The lowest BCUT2D eigenvalue weighted by molar-refractivity contribution is 0.112. The summed E-state index contributed by atoms with van der Waals surface area (Å²) in [7, 11) is 0. The van der Waals surface area contributed by atoms with Gasteiger partial charge in [0.25, 0.3) is 0 Å². The minimum Gasteiger partial charge on any atom is -0.369 e. The van der Waals surface area contributed by atoms with E-state index >= 15 is 0 Å². The topological polar surface area (TPSA) is 54.9 Å². The van der Waals surface area contributed by atoms with E-state index in [0.29, 0.717) is 28.7 Å². The second kappa shape index (κ2) is 6.81. The van der Waals surface area contributed by atoms with Crippen LogP contribution in [0, 0.1) is 6.92 Å². The lowest BCUT2D eigenvalue weighted by atomic mass is 10.3. The van der Waals surface area contributed by atoms with E-state index in [1.165, 1.54) is 0 Å². The van der Waals surface area contributed by atoms with Gasteiger partial charge in [-0.2, -0.15) is 11.8 Å². The summed E-state index contributed by atoms with van der Waals surface area (Å²) in [6.07, 6.45) is 3.76. The fourth-order valence-electron chi connectivity index (χ4n) is 1.30. The summed E-state index contributed by atoms with van der Waals surface area (Å²) in [6.45, 7) is 4.66. The van der Waals surface area contributed by atoms with Crippen LogP contribution in [0.2, 0.25) is 5.15 Å². The van der Waals surface area contributed by atoms with Gasteiger partial charge < -0.3 is 5.32 Å². The van der Waals surface area contributed by atoms with E-state index in [-0.39, 0.29) is 5.15 Å². The highest BCUT2D eigenvalue weighted by atomic mass is 35.5. The van der Waals surface area contributed by atoms with E-state index in [1.54, 1.807) is 6.92 Å². The minimum atomic E-state index is 0.202. The molecule has 0 radical (unpaired) electrons. The Hall–Kier alpha value is -0.810. The quantitative estimate of drug-likeness (QED) is 0.638. The normalized spacial score (nSPS) is 12.2. The van der Waals surface area contributed by atoms with Crippen LogP contribution in [0.5, 0.6) is 0 Å². The van der Waals surface area contributed by atoms with E-state index in [0.717, 1.165) is 13.0 Å². The Morgan fingerprint density at radius 1 is 1.53 bits per heavy atom. The second-order valence-electron chi connectivity index (χ2n) is 3.70. The van der Waals surface area contributed by atoms with Crippen LogP contribution >= 0.6 is 23.4 Å². The van der Waals surface area contributed by atoms with Crippen LogP contribution in [0.4, 0.5) is 5.82 Å². The number of hydrogen-bond donors (Lipinski definition) is 1. The standard InChI is InChI=1S/C11H16ClN3OS/c1-7(17-3)4-5-13-11-9(6-16)10(12)14-8(2)15-11/h6-7H,4-5H2,1-3H3,(H,13,14,15). The fraction of sp³-hybridized carbons (Fsp3) is 0.545. The van der Waals surface area contributed by atoms with Gasteiger partial charge in [-0.15, -0.1) is 0 Å². The van der Waals surface area contributed by atoms with Crippen LogP contribution in [-0.4, -0.2) is 34.3 Å². The lowest BCUT2D eigenvalue weighted by Crippen LogP contribution is -2.11. The zero-order valence-corrected chi connectivity index (χ0v) is 11.7. The maximum atomic E-state index is 10.9. The molecule has 1 rings (SSSR count). The number of carbonyl (C=O) groups is 1. The third kappa shape index (κ3) is 4.16. The molecule has 6 heteroatoms. The molecule has 0 aliphatic rings. The zero-order valence-electron chi connectivity index (χ0n) is 10.2. The van der Waals surface area contributed by atoms with Crippen molar-refractivity contribution in [1.82, 2.24) is 9.97 Å². The third-order valence-corrected chi connectivity index (χ3v) is 3.70. The van der Waals surface area contributed by atoms with Crippen LogP contribution in [0.1, 0.15) is 29.5 Å². The van der Waals surface area contributed by atoms with Crippen LogP contribution in [0.15, 0.2) is 0 Å². The van der Waals surface area contributed by atoms with Gasteiger partial charge in [0.1, 0.15) is 16.8 Å². The number of aldehydes is 1. The molecule has 1 aromatic heterocycles. The molecule has 4 nitrogen and oxygen atoms in total. The van der Waals surface area contributed by atoms with E-state index in [1.807, 2.05) is 11.8 Å². The maximum absolute atomic E-state index is 10.9. The van der Waals surface area contributed by atoms with Crippen LogP contribution in [0.3, 0.4) is 0 Å². The third-order valence-electron chi connectivity index (χ3n) is 2.37. The fourth-order valence-corrected chi connectivity index (χ4v) is 1.91. The summed E-state index contributed by atoms with van der Waals surface area (Å²) in [4.78, 5) is 19.0. The van der Waals surface area contributed by atoms with Crippen LogP contribution in [0.25, 0.3) is 0 Å². The molecule has 0 aliphatic heterocycles. The predicted molar refractivity (Wildman–Crippen MR) is 73.3 cm³/mol. The van der Waals surface area contributed by atoms with Crippen molar-refractivity contribution >= 4 is 35.5 Å². The molecule has 0 bridgehead atoms. The number of carbonyl (C=O) groups excluding carboxylic acids is 1. The summed E-state index contributed by atoms with van der Waals surface area (Å²) in [5.41, 5.74) is 0.328. The monoisotopic (exact) mass is 273 g/mol. The van der Waals surface area contributed by atoms with Crippen molar-refractivity contribution in [2.45, 2.75) is 25.5 Å². The Labute approximate surface area is 111 Å². The van der Waals surface area contributed by atoms with Gasteiger partial charge in [-0.25, -0.2) is 9.97 Å². The van der Waals surface area contributed by atoms with Gasteiger partial charge >= 0.3 is 0 Å². The molecule has 1 unspecified atom stereocenters. The van der Waals surface area contributed by atoms with Crippen molar-refractivity contribution in [2.75, 3.05) is 18.1 Å². The Morgan fingerprint density at radius 2 is 2.24 bits per heavy atom. The molecular weight excluding hydrogens is 258 g/mol. The predicted octanol–water partition coefficient (Wildman–Crippen LogP) is 2.80. The van der Waals surface area contributed by atoms with Crippen molar-refractivity contribution in [3.63, 3.8) is 0 Å². The number of nitrogens with zero attached hydrogens (tertiary/aromatic N) is 2. The molecule has 1 aromatic rings. The van der Waals surface area contributed by atoms with Gasteiger partial charge in [0.2, 0.25) is 0 Å². The van der Waals surface area contributed by atoms with Crippen molar-refractivity contribution in [3.8, 4) is 0 Å². The lowest BCUT2D eigenvalue weighted by Gasteiger charge is -2.11. The highest BCUT2D eigenvalue weighted by Gasteiger charge is 2.10. The van der Waals surface area contributed by atoms with Crippen LogP contribution < -0.4 is 5.32 Å². The van der Waals surface area contributed by atoms with Gasteiger partial charge in [-0.1, -0.05) is 18.5 Å². The summed E-state index contributed by atoms with van der Waals surface area (Å²) >= 11 is 7.68. The van der Waals surface area contributed by atoms with Gasteiger partial charge in [0.05, 0.1) is 5.56 Å². The number of thioether (sulfide) groups is 1. The molecule has 1 heterocycles. The Bertz CT molecular complexity index is 401. The number of hydrogen-bond acceptors (Lipinski definition) is 5. The highest BCUT2D eigenvalue weighted by Crippen LogP contribution is 2.19. The summed E-state index contributed by atoms with van der Waals surface area (Å²) < 4.78 is 0. The van der Waals surface area contributed by atoms with Crippen LogP contribution in [-0.2, 0) is 0 Å². The number of aryl methyl sites for hydroxylation is 1. The highest BCUT2D eigenvalue weighted by molar-refractivity contribution is 7.99. The van der Waals surface area contributed by atoms with Gasteiger partial charge in [-0.05, 0) is 19.6 Å². The molecule has 1 N–H and O–H groups in total. The Balaban J connectivity index is 2.73. The average Bonchev–Trinajstić information content (AvgIpc) is 2.28. The van der Waals surface area contributed by atoms with Crippen molar-refractivity contribution < 1.29 is 4.79 Å². The summed E-state index contributed by atoms with van der Waals surface area (Å²) in [5, 5.41) is 3.90. The molecule has 0 saturated carbocycles. The zero-order chi connectivity index (χ0) is 12.8. The number of rotatable bonds is 6. The molecule has 0 amide bonds. The first-order chi connectivity index (χ1) is 8.08.